The average Bonchev–Trinajstić information content (AvgIpc) is 2.60. The van der Waals surface area contributed by atoms with E-state index in [4.69, 9.17) is 0 Å². The zero-order valence-corrected chi connectivity index (χ0v) is 17.7. The van der Waals surface area contributed by atoms with Gasteiger partial charge < -0.3 is 15.7 Å². The highest BCUT2D eigenvalue weighted by Crippen LogP contribution is 2.17. The first kappa shape index (κ1) is 22.5. The van der Waals surface area contributed by atoms with Gasteiger partial charge in [0.15, 0.2) is 17.5 Å². The summed E-state index contributed by atoms with van der Waals surface area (Å²) in [6, 6.07) is 8.97. The number of rotatable bonds is 6. The Hall–Kier alpha value is -1.55. The number of nitrogens with zero attached hydrogens (tertiary/aromatic N) is 1. The van der Waals surface area contributed by atoms with Crippen LogP contribution in [0.1, 0.15) is 16.7 Å². The molecule has 0 heterocycles. The largest absolute Gasteiger partial charge is 0.505 e. The fourth-order valence-corrected chi connectivity index (χ4v) is 2.88. The Balaban J connectivity index is 0.00000338. The van der Waals surface area contributed by atoms with E-state index in [2.05, 4.69) is 15.6 Å². The lowest BCUT2D eigenvalue weighted by molar-refractivity contribution is 0.431. The van der Waals surface area contributed by atoms with E-state index in [1.807, 2.05) is 6.26 Å². The zero-order chi connectivity index (χ0) is 18.2. The topological polar surface area (TPSA) is 56.7 Å². The number of guanidine groups is 1. The first-order chi connectivity index (χ1) is 12.0. The number of benzene rings is 2. The van der Waals surface area contributed by atoms with Gasteiger partial charge in [0, 0.05) is 25.9 Å². The second-order valence-corrected chi connectivity index (χ2v) is 6.28. The zero-order valence-electron chi connectivity index (χ0n) is 14.6. The van der Waals surface area contributed by atoms with Crippen molar-refractivity contribution in [2.45, 2.75) is 18.8 Å². The molecule has 0 saturated heterocycles. The Labute approximate surface area is 173 Å². The van der Waals surface area contributed by atoms with Crippen LogP contribution in [0, 0.1) is 11.6 Å². The highest BCUT2D eigenvalue weighted by molar-refractivity contribution is 14.0. The van der Waals surface area contributed by atoms with E-state index in [1.165, 1.54) is 18.2 Å². The third-order valence-electron chi connectivity index (χ3n) is 3.61. The van der Waals surface area contributed by atoms with Crippen molar-refractivity contribution >= 4 is 41.7 Å². The van der Waals surface area contributed by atoms with Gasteiger partial charge in [0.05, 0.1) is 0 Å². The molecule has 0 radical (unpaired) electrons. The summed E-state index contributed by atoms with van der Waals surface area (Å²) in [7, 11) is 1.64. The number of halogens is 3. The molecule has 0 atom stereocenters. The SMILES string of the molecule is CN=C(NCc1ccc(O)c(F)c1)NCc1ccc(F)cc1CSC.I. The van der Waals surface area contributed by atoms with Gasteiger partial charge in [-0.15, -0.1) is 24.0 Å². The summed E-state index contributed by atoms with van der Waals surface area (Å²) in [4.78, 5) is 4.12. The van der Waals surface area contributed by atoms with Crippen molar-refractivity contribution in [3.8, 4) is 5.75 Å². The Kier molecular flexibility index (Phi) is 9.71. The van der Waals surface area contributed by atoms with Gasteiger partial charge in [-0.3, -0.25) is 4.99 Å². The summed E-state index contributed by atoms with van der Waals surface area (Å²) in [5, 5.41) is 15.4. The van der Waals surface area contributed by atoms with Gasteiger partial charge >= 0.3 is 0 Å². The molecule has 2 rings (SSSR count). The Morgan fingerprint density at radius 2 is 1.81 bits per heavy atom. The van der Waals surface area contributed by atoms with Gasteiger partial charge in [-0.1, -0.05) is 12.1 Å². The molecular weight excluding hydrogens is 471 g/mol. The first-order valence-corrected chi connectivity index (χ1v) is 9.11. The standard InChI is InChI=1S/C18H21F2N3OS.HI/c1-21-18(22-9-12-3-6-17(24)16(20)7-12)23-10-13-4-5-15(19)8-14(13)11-25-2;/h3-8,24H,9-11H2,1-2H3,(H2,21,22,23);1H. The van der Waals surface area contributed by atoms with Crippen LogP contribution in [0.15, 0.2) is 41.4 Å². The number of aliphatic imine (C=N–C) groups is 1. The maximum Gasteiger partial charge on any atom is 0.191 e. The Bertz CT molecular complexity index is 759. The molecule has 0 amide bonds. The predicted molar refractivity (Wildman–Crippen MR) is 114 cm³/mol. The van der Waals surface area contributed by atoms with Crippen molar-refractivity contribution in [1.82, 2.24) is 10.6 Å². The first-order valence-electron chi connectivity index (χ1n) is 7.71. The minimum absolute atomic E-state index is 0. The van der Waals surface area contributed by atoms with Crippen molar-refractivity contribution < 1.29 is 13.9 Å². The quantitative estimate of drug-likeness (QED) is 0.324. The molecule has 0 bridgehead atoms. The number of phenolic OH excluding ortho intramolecular Hbond substituents is 1. The molecule has 8 heteroatoms. The number of hydrogen-bond acceptors (Lipinski definition) is 3. The summed E-state index contributed by atoms with van der Waals surface area (Å²) in [6.45, 7) is 0.859. The molecular formula is C18H22F2IN3OS. The van der Waals surface area contributed by atoms with Gasteiger partial charge in [0.2, 0.25) is 0 Å². The van der Waals surface area contributed by atoms with Crippen LogP contribution >= 0.6 is 35.7 Å². The van der Waals surface area contributed by atoms with Crippen LogP contribution in [0.25, 0.3) is 0 Å². The van der Waals surface area contributed by atoms with Crippen molar-refractivity contribution in [1.29, 1.82) is 0 Å². The van der Waals surface area contributed by atoms with Gasteiger partial charge in [0.1, 0.15) is 5.82 Å². The second-order valence-electron chi connectivity index (χ2n) is 5.41. The maximum absolute atomic E-state index is 13.4. The van der Waals surface area contributed by atoms with Crippen LogP contribution in [0.4, 0.5) is 8.78 Å². The molecule has 2 aromatic rings. The minimum atomic E-state index is -0.657. The molecule has 0 aromatic heterocycles. The summed E-state index contributed by atoms with van der Waals surface area (Å²) in [5.41, 5.74) is 2.62. The van der Waals surface area contributed by atoms with Crippen LogP contribution in [0.2, 0.25) is 0 Å². The van der Waals surface area contributed by atoms with Crippen LogP contribution < -0.4 is 10.6 Å². The van der Waals surface area contributed by atoms with E-state index in [0.717, 1.165) is 16.9 Å². The van der Waals surface area contributed by atoms with Gasteiger partial charge in [-0.25, -0.2) is 8.78 Å². The molecule has 0 spiro atoms. The second kappa shape index (κ2) is 11.2. The summed E-state index contributed by atoms with van der Waals surface area (Å²) < 4.78 is 26.7. The van der Waals surface area contributed by atoms with Gasteiger partial charge in [-0.05, 0) is 47.2 Å². The number of hydrogen-bond donors (Lipinski definition) is 3. The summed E-state index contributed by atoms with van der Waals surface area (Å²) in [6.07, 6.45) is 1.97. The van der Waals surface area contributed by atoms with Crippen molar-refractivity contribution in [3.05, 3.63) is 64.7 Å². The third kappa shape index (κ3) is 6.64. The van der Waals surface area contributed by atoms with E-state index in [-0.39, 0.29) is 35.5 Å². The van der Waals surface area contributed by atoms with Crippen LogP contribution in [0.5, 0.6) is 5.75 Å². The molecule has 142 valence electrons. The van der Waals surface area contributed by atoms with Crippen molar-refractivity contribution in [3.63, 3.8) is 0 Å². The molecule has 0 aliphatic carbocycles. The molecule has 4 nitrogen and oxygen atoms in total. The van der Waals surface area contributed by atoms with Gasteiger partial charge in [0.25, 0.3) is 0 Å². The Morgan fingerprint density at radius 3 is 2.46 bits per heavy atom. The van der Waals surface area contributed by atoms with Crippen LogP contribution in [-0.4, -0.2) is 24.4 Å². The number of aromatic hydroxyl groups is 1. The molecule has 26 heavy (non-hydrogen) atoms. The maximum atomic E-state index is 13.4. The van der Waals surface area contributed by atoms with E-state index in [9.17, 15) is 13.9 Å². The fourth-order valence-electron chi connectivity index (χ4n) is 2.30. The highest BCUT2D eigenvalue weighted by atomic mass is 127. The molecule has 0 unspecified atom stereocenters. The third-order valence-corrected chi connectivity index (χ3v) is 4.21. The number of thioether (sulfide) groups is 1. The predicted octanol–water partition coefficient (Wildman–Crippen LogP) is 4.02. The lowest BCUT2D eigenvalue weighted by atomic mass is 10.1. The van der Waals surface area contributed by atoms with Crippen LogP contribution in [-0.2, 0) is 18.8 Å². The average molecular weight is 493 g/mol. The monoisotopic (exact) mass is 493 g/mol. The molecule has 0 aliphatic heterocycles. The van der Waals surface area contributed by atoms with Crippen LogP contribution in [0.3, 0.4) is 0 Å². The Morgan fingerprint density at radius 1 is 1.08 bits per heavy atom. The normalized spacial score (nSPS) is 11.0. The van der Waals surface area contributed by atoms with E-state index < -0.39 is 5.82 Å². The number of nitrogens with one attached hydrogen (secondary N) is 2. The molecule has 3 N–H and O–H groups in total. The molecule has 2 aromatic carbocycles. The summed E-state index contributed by atoms with van der Waals surface area (Å²) >= 11 is 1.63. The van der Waals surface area contributed by atoms with Crippen molar-refractivity contribution in [2.24, 2.45) is 4.99 Å². The minimum Gasteiger partial charge on any atom is -0.505 e. The van der Waals surface area contributed by atoms with E-state index >= 15 is 0 Å². The lowest BCUT2D eigenvalue weighted by Crippen LogP contribution is -2.36. The number of phenols is 1. The smallest absolute Gasteiger partial charge is 0.191 e. The van der Waals surface area contributed by atoms with Gasteiger partial charge in [-0.2, -0.15) is 11.8 Å². The molecule has 0 aliphatic rings. The molecule has 0 saturated carbocycles. The van der Waals surface area contributed by atoms with E-state index in [0.29, 0.717) is 24.6 Å². The lowest BCUT2D eigenvalue weighted by Gasteiger charge is -2.14. The molecule has 0 fully saturated rings. The highest BCUT2D eigenvalue weighted by Gasteiger charge is 2.06. The fraction of sp³-hybridized carbons (Fsp3) is 0.278. The summed E-state index contributed by atoms with van der Waals surface area (Å²) in [5.74, 6) is 0.00450. The van der Waals surface area contributed by atoms with Crippen molar-refractivity contribution in [2.75, 3.05) is 13.3 Å². The van der Waals surface area contributed by atoms with E-state index in [1.54, 1.807) is 37.0 Å².